The molecule has 1 saturated heterocycles. The molecule has 14 heavy (non-hydrogen) atoms. The van der Waals surface area contributed by atoms with E-state index < -0.39 is 0 Å². The van der Waals surface area contributed by atoms with Gasteiger partial charge in [-0.25, -0.2) is 0 Å². The van der Waals surface area contributed by atoms with Crippen LogP contribution in [-0.4, -0.2) is 15.6 Å². The van der Waals surface area contributed by atoms with Crippen molar-refractivity contribution in [1.29, 1.82) is 0 Å². The summed E-state index contributed by atoms with van der Waals surface area (Å²) in [4.78, 5) is 0. The lowest BCUT2D eigenvalue weighted by Crippen LogP contribution is -2.26. The van der Waals surface area contributed by atoms with E-state index in [0.717, 1.165) is 11.8 Å². The maximum Gasteiger partial charge on any atom is 0.0818 e. The van der Waals surface area contributed by atoms with E-state index in [9.17, 15) is 0 Å². The Kier molecular flexibility index (Phi) is 3.23. The monoisotopic (exact) mass is 228 g/mol. The fraction of sp³-hybridized carbons (Fsp3) is 0.833. The largest absolute Gasteiger partial charge is 0.139 e. The van der Waals surface area contributed by atoms with Crippen LogP contribution in [0.25, 0.3) is 0 Å². The Hall–Kier alpha value is 0.440. The summed E-state index contributed by atoms with van der Waals surface area (Å²) < 4.78 is 0.491. The average molecular weight is 228 g/mol. The van der Waals surface area contributed by atoms with Crippen LogP contribution in [0.2, 0.25) is 0 Å². The lowest BCUT2D eigenvalue weighted by molar-refractivity contribution is 0.404. The van der Waals surface area contributed by atoms with Crippen molar-refractivity contribution in [3.8, 4) is 0 Å². The van der Waals surface area contributed by atoms with Crippen LogP contribution in [0.15, 0.2) is 11.6 Å². The van der Waals surface area contributed by atoms with Crippen molar-refractivity contribution >= 4 is 23.5 Å². The van der Waals surface area contributed by atoms with Gasteiger partial charge in [-0.15, -0.1) is 23.5 Å². The Morgan fingerprint density at radius 3 is 2.50 bits per heavy atom. The summed E-state index contributed by atoms with van der Waals surface area (Å²) in [5, 5.41) is 0. The quantitative estimate of drug-likeness (QED) is 0.618. The molecule has 2 rings (SSSR count). The first-order valence-corrected chi connectivity index (χ1v) is 7.58. The van der Waals surface area contributed by atoms with Gasteiger partial charge in [-0.1, -0.05) is 25.5 Å². The Labute approximate surface area is 96.3 Å². The first-order chi connectivity index (χ1) is 6.64. The second kappa shape index (κ2) is 4.13. The molecule has 1 spiro atoms. The third-order valence-corrected chi connectivity index (χ3v) is 7.25. The van der Waals surface area contributed by atoms with E-state index in [1.807, 2.05) is 0 Å². The average Bonchev–Trinajstić information content (AvgIpc) is 2.59. The molecule has 80 valence electrons. The highest BCUT2D eigenvalue weighted by atomic mass is 32.2. The molecule has 1 aliphatic carbocycles. The normalized spacial score (nSPS) is 31.1. The zero-order chi connectivity index (χ0) is 10.2. The van der Waals surface area contributed by atoms with Gasteiger partial charge >= 0.3 is 0 Å². The van der Waals surface area contributed by atoms with Gasteiger partial charge in [0.1, 0.15) is 0 Å². The minimum atomic E-state index is 0.491. The summed E-state index contributed by atoms with van der Waals surface area (Å²) in [6.07, 6.45) is 5.35. The van der Waals surface area contributed by atoms with Crippen LogP contribution in [0.1, 0.15) is 33.6 Å². The van der Waals surface area contributed by atoms with E-state index in [2.05, 4.69) is 50.4 Å². The van der Waals surface area contributed by atoms with Gasteiger partial charge in [0.15, 0.2) is 0 Å². The molecule has 0 radical (unpaired) electrons. The molecule has 1 heterocycles. The van der Waals surface area contributed by atoms with Crippen molar-refractivity contribution in [2.45, 2.75) is 37.7 Å². The Morgan fingerprint density at radius 2 is 2.00 bits per heavy atom. The highest BCUT2D eigenvalue weighted by molar-refractivity contribution is 8.21. The number of thioether (sulfide) groups is 2. The molecule has 0 aromatic rings. The lowest BCUT2D eigenvalue weighted by atomic mass is 9.83. The third kappa shape index (κ3) is 1.88. The van der Waals surface area contributed by atoms with Crippen LogP contribution < -0.4 is 0 Å². The topological polar surface area (TPSA) is 0 Å². The van der Waals surface area contributed by atoms with Crippen molar-refractivity contribution in [2.75, 3.05) is 11.5 Å². The van der Waals surface area contributed by atoms with Crippen molar-refractivity contribution in [3.63, 3.8) is 0 Å². The summed E-state index contributed by atoms with van der Waals surface area (Å²) in [7, 11) is 0. The molecule has 0 bridgehead atoms. The molecule has 0 unspecified atom stereocenters. The molecular formula is C12H20S2. The predicted octanol–water partition coefficient (Wildman–Crippen LogP) is 4.18. The van der Waals surface area contributed by atoms with E-state index in [1.54, 1.807) is 5.57 Å². The summed E-state index contributed by atoms with van der Waals surface area (Å²) in [6, 6.07) is 0. The Balaban J connectivity index is 2.15. The van der Waals surface area contributed by atoms with Gasteiger partial charge in [0.05, 0.1) is 4.08 Å². The molecule has 2 aliphatic rings. The minimum absolute atomic E-state index is 0.491. The number of allylic oxidation sites excluding steroid dienone is 1. The van der Waals surface area contributed by atoms with E-state index in [4.69, 9.17) is 0 Å². The van der Waals surface area contributed by atoms with Gasteiger partial charge in [-0.05, 0) is 31.6 Å². The van der Waals surface area contributed by atoms with Gasteiger partial charge in [-0.3, -0.25) is 0 Å². The molecule has 0 N–H and O–H groups in total. The van der Waals surface area contributed by atoms with E-state index in [1.165, 1.54) is 24.3 Å². The summed E-state index contributed by atoms with van der Waals surface area (Å²) in [5.41, 5.74) is 1.65. The highest BCUT2D eigenvalue weighted by Crippen LogP contribution is 2.55. The van der Waals surface area contributed by atoms with Crippen molar-refractivity contribution < 1.29 is 0 Å². The van der Waals surface area contributed by atoms with Crippen LogP contribution in [0, 0.1) is 11.8 Å². The molecule has 0 amide bonds. The Bertz CT molecular complexity index is 237. The molecule has 1 aliphatic heterocycles. The molecular weight excluding hydrogens is 208 g/mol. The van der Waals surface area contributed by atoms with E-state index >= 15 is 0 Å². The smallest absolute Gasteiger partial charge is 0.0818 e. The number of hydrogen-bond acceptors (Lipinski definition) is 2. The summed E-state index contributed by atoms with van der Waals surface area (Å²) in [5.74, 6) is 4.35. The van der Waals surface area contributed by atoms with Crippen molar-refractivity contribution in [1.82, 2.24) is 0 Å². The second-order valence-corrected chi connectivity index (χ2v) is 7.79. The standard InChI is InChI=1S/C12H20S2/c1-9(2)11-4-5-12(10(3)8-11)13-6-7-14-12/h8-9,11H,4-7H2,1-3H3/t11-/m0/s1. The van der Waals surface area contributed by atoms with E-state index in [0.29, 0.717) is 4.08 Å². The summed E-state index contributed by atoms with van der Waals surface area (Å²) >= 11 is 4.36. The molecule has 1 fully saturated rings. The molecule has 0 nitrogen and oxygen atoms in total. The van der Waals surface area contributed by atoms with Crippen molar-refractivity contribution in [2.24, 2.45) is 11.8 Å². The summed E-state index contributed by atoms with van der Waals surface area (Å²) in [6.45, 7) is 7.04. The van der Waals surface area contributed by atoms with Gasteiger partial charge < -0.3 is 0 Å². The Morgan fingerprint density at radius 1 is 1.36 bits per heavy atom. The van der Waals surface area contributed by atoms with Crippen LogP contribution in [-0.2, 0) is 0 Å². The molecule has 0 saturated carbocycles. The second-order valence-electron chi connectivity index (χ2n) is 4.75. The van der Waals surface area contributed by atoms with Crippen LogP contribution >= 0.6 is 23.5 Å². The van der Waals surface area contributed by atoms with Crippen molar-refractivity contribution in [3.05, 3.63) is 11.6 Å². The van der Waals surface area contributed by atoms with Gasteiger partial charge in [0.2, 0.25) is 0 Å². The number of rotatable bonds is 1. The highest BCUT2D eigenvalue weighted by Gasteiger charge is 2.40. The first kappa shape index (κ1) is 10.9. The SMILES string of the molecule is CC1=C[C@@H](C(C)C)CCC12SCCS2. The lowest BCUT2D eigenvalue weighted by Gasteiger charge is -2.36. The number of hydrogen-bond donors (Lipinski definition) is 0. The zero-order valence-corrected chi connectivity index (χ0v) is 11.0. The van der Waals surface area contributed by atoms with Crippen LogP contribution in [0.5, 0.6) is 0 Å². The van der Waals surface area contributed by atoms with Crippen LogP contribution in [0.4, 0.5) is 0 Å². The fourth-order valence-corrected chi connectivity index (χ4v) is 5.71. The maximum atomic E-state index is 2.56. The van der Waals surface area contributed by atoms with E-state index in [-0.39, 0.29) is 0 Å². The molecule has 2 heteroatoms. The minimum Gasteiger partial charge on any atom is -0.139 e. The predicted molar refractivity (Wildman–Crippen MR) is 69.0 cm³/mol. The maximum absolute atomic E-state index is 2.56. The zero-order valence-electron chi connectivity index (χ0n) is 9.38. The molecule has 1 atom stereocenters. The van der Waals surface area contributed by atoms with Gasteiger partial charge in [0, 0.05) is 11.5 Å². The first-order valence-electron chi connectivity index (χ1n) is 5.61. The molecule has 0 aromatic carbocycles. The van der Waals surface area contributed by atoms with Gasteiger partial charge in [-0.2, -0.15) is 0 Å². The molecule has 0 aromatic heterocycles. The fourth-order valence-electron chi connectivity index (χ4n) is 2.44. The van der Waals surface area contributed by atoms with Gasteiger partial charge in [0.25, 0.3) is 0 Å². The van der Waals surface area contributed by atoms with Crippen LogP contribution in [0.3, 0.4) is 0 Å². The third-order valence-electron chi connectivity index (χ3n) is 3.48.